The Morgan fingerprint density at radius 1 is 1.44 bits per heavy atom. The van der Waals surface area contributed by atoms with Gasteiger partial charge in [-0.25, -0.2) is 0 Å². The molecule has 0 aliphatic heterocycles. The van der Waals surface area contributed by atoms with Crippen LogP contribution in [0.25, 0.3) is 0 Å². The van der Waals surface area contributed by atoms with Crippen molar-refractivity contribution < 1.29 is 14.6 Å². The van der Waals surface area contributed by atoms with Crippen LogP contribution >= 0.6 is 11.6 Å². The van der Waals surface area contributed by atoms with Crippen LogP contribution in [0.5, 0.6) is 5.75 Å². The van der Waals surface area contributed by atoms with Crippen LogP contribution in [0.2, 0.25) is 5.02 Å². The summed E-state index contributed by atoms with van der Waals surface area (Å²) in [4.78, 5) is 11.4. The van der Waals surface area contributed by atoms with Crippen LogP contribution in [-0.4, -0.2) is 30.3 Å². The van der Waals surface area contributed by atoms with Crippen molar-refractivity contribution in [2.24, 2.45) is 0 Å². The maximum Gasteiger partial charge on any atom is 0.257 e. The van der Waals surface area contributed by atoms with Gasteiger partial charge >= 0.3 is 0 Å². The summed E-state index contributed by atoms with van der Waals surface area (Å²) in [6, 6.07) is 6.83. The zero-order valence-electron chi connectivity index (χ0n) is 10.4. The van der Waals surface area contributed by atoms with Gasteiger partial charge in [-0.1, -0.05) is 11.6 Å². The Labute approximate surface area is 112 Å². The first kappa shape index (κ1) is 14.8. The van der Waals surface area contributed by atoms with Crippen LogP contribution in [-0.2, 0) is 4.79 Å². The summed E-state index contributed by atoms with van der Waals surface area (Å²) in [6.07, 6.45) is 1.11. The van der Waals surface area contributed by atoms with E-state index in [0.717, 1.165) is 6.42 Å². The molecule has 0 saturated carbocycles. The van der Waals surface area contributed by atoms with Crippen molar-refractivity contribution in [3.63, 3.8) is 0 Å². The molecule has 1 aromatic rings. The molecular weight excluding hydrogens is 254 g/mol. The number of halogens is 1. The summed E-state index contributed by atoms with van der Waals surface area (Å²) >= 11 is 5.73. The van der Waals surface area contributed by atoms with Gasteiger partial charge < -0.3 is 15.2 Å². The van der Waals surface area contributed by atoms with Gasteiger partial charge in [0.15, 0.2) is 6.61 Å². The van der Waals surface area contributed by atoms with Crippen LogP contribution in [0, 0.1) is 0 Å². The highest BCUT2D eigenvalue weighted by atomic mass is 35.5. The molecule has 0 aliphatic rings. The number of ether oxygens (including phenoxy) is 1. The predicted molar refractivity (Wildman–Crippen MR) is 70.9 cm³/mol. The highest BCUT2D eigenvalue weighted by molar-refractivity contribution is 6.30. The lowest BCUT2D eigenvalue weighted by Crippen LogP contribution is -2.30. The van der Waals surface area contributed by atoms with Gasteiger partial charge in [0.05, 0.1) is 6.10 Å². The van der Waals surface area contributed by atoms with E-state index in [-0.39, 0.29) is 18.6 Å². The third-order valence-corrected chi connectivity index (χ3v) is 2.56. The molecule has 0 radical (unpaired) electrons. The zero-order chi connectivity index (χ0) is 13.4. The summed E-state index contributed by atoms with van der Waals surface area (Å²) in [5.74, 6) is 0.439. The normalized spacial score (nSPS) is 11.9. The lowest BCUT2D eigenvalue weighted by molar-refractivity contribution is -0.123. The molecule has 5 heteroatoms. The SMILES string of the molecule is CC(O)CCCNC(=O)COc1ccc(Cl)cc1. The average Bonchev–Trinajstić information content (AvgIpc) is 2.34. The lowest BCUT2D eigenvalue weighted by atomic mass is 10.2. The van der Waals surface area contributed by atoms with Gasteiger partial charge in [-0.2, -0.15) is 0 Å². The summed E-state index contributed by atoms with van der Waals surface area (Å²) in [6.45, 7) is 2.26. The number of aliphatic hydroxyl groups excluding tert-OH is 1. The largest absolute Gasteiger partial charge is 0.484 e. The van der Waals surface area contributed by atoms with Crippen molar-refractivity contribution in [1.29, 1.82) is 0 Å². The van der Waals surface area contributed by atoms with Gasteiger partial charge in [0.2, 0.25) is 0 Å². The van der Waals surface area contributed by atoms with Crippen molar-refractivity contribution in [1.82, 2.24) is 5.32 Å². The van der Waals surface area contributed by atoms with Crippen molar-refractivity contribution in [3.8, 4) is 5.75 Å². The fourth-order valence-corrected chi connectivity index (χ4v) is 1.48. The minimum absolute atomic E-state index is 0.0175. The number of hydrogen-bond donors (Lipinski definition) is 2. The molecule has 0 aliphatic carbocycles. The minimum Gasteiger partial charge on any atom is -0.484 e. The molecule has 0 saturated heterocycles. The standard InChI is InChI=1S/C13H18ClNO3/c1-10(16)3-2-8-15-13(17)9-18-12-6-4-11(14)5-7-12/h4-7,10,16H,2-3,8-9H2,1H3,(H,15,17). The monoisotopic (exact) mass is 271 g/mol. The number of hydrogen-bond acceptors (Lipinski definition) is 3. The predicted octanol–water partition coefficient (Wildman–Crippen LogP) is 2.00. The summed E-state index contributed by atoms with van der Waals surface area (Å²) in [5, 5.41) is 12.4. The second kappa shape index (κ2) is 7.95. The maximum absolute atomic E-state index is 11.4. The Bertz CT molecular complexity index is 365. The fourth-order valence-electron chi connectivity index (χ4n) is 1.36. The first-order valence-corrected chi connectivity index (χ1v) is 6.29. The Morgan fingerprint density at radius 2 is 2.11 bits per heavy atom. The first-order chi connectivity index (χ1) is 8.58. The maximum atomic E-state index is 11.4. The quantitative estimate of drug-likeness (QED) is 0.746. The summed E-state index contributed by atoms with van der Waals surface area (Å²) < 4.78 is 5.28. The molecule has 0 spiro atoms. The van der Waals surface area contributed by atoms with Gasteiger partial charge in [-0.05, 0) is 44.0 Å². The van der Waals surface area contributed by atoms with Crippen molar-refractivity contribution in [3.05, 3.63) is 29.3 Å². The van der Waals surface area contributed by atoms with E-state index < -0.39 is 0 Å². The molecular formula is C13H18ClNO3. The number of rotatable bonds is 7. The third-order valence-electron chi connectivity index (χ3n) is 2.30. The Hall–Kier alpha value is -1.26. The second-order valence-electron chi connectivity index (χ2n) is 4.08. The topological polar surface area (TPSA) is 58.6 Å². The van der Waals surface area contributed by atoms with Crippen LogP contribution in [0.4, 0.5) is 0 Å². The highest BCUT2D eigenvalue weighted by Crippen LogP contribution is 2.15. The van der Waals surface area contributed by atoms with Gasteiger partial charge in [-0.3, -0.25) is 4.79 Å². The third kappa shape index (κ3) is 6.47. The van der Waals surface area contributed by atoms with Crippen LogP contribution in [0.3, 0.4) is 0 Å². The van der Waals surface area contributed by atoms with Crippen molar-refractivity contribution in [2.45, 2.75) is 25.9 Å². The Morgan fingerprint density at radius 3 is 2.72 bits per heavy atom. The number of amides is 1. The van der Waals surface area contributed by atoms with E-state index in [1.807, 2.05) is 0 Å². The van der Waals surface area contributed by atoms with Crippen LogP contribution in [0.15, 0.2) is 24.3 Å². The van der Waals surface area contributed by atoms with E-state index >= 15 is 0 Å². The number of aliphatic hydroxyl groups is 1. The van der Waals surface area contributed by atoms with E-state index in [4.69, 9.17) is 21.4 Å². The minimum atomic E-state index is -0.327. The van der Waals surface area contributed by atoms with E-state index in [1.54, 1.807) is 31.2 Å². The number of carbonyl (C=O) groups excluding carboxylic acids is 1. The Balaban J connectivity index is 2.15. The second-order valence-corrected chi connectivity index (χ2v) is 4.52. The molecule has 1 aromatic carbocycles. The summed E-state index contributed by atoms with van der Waals surface area (Å²) in [5.41, 5.74) is 0. The Kier molecular flexibility index (Phi) is 6.54. The molecule has 4 nitrogen and oxygen atoms in total. The van der Waals surface area contributed by atoms with Crippen LogP contribution in [0.1, 0.15) is 19.8 Å². The van der Waals surface area contributed by atoms with Gasteiger partial charge in [0, 0.05) is 11.6 Å². The molecule has 18 heavy (non-hydrogen) atoms. The highest BCUT2D eigenvalue weighted by Gasteiger charge is 2.02. The molecule has 1 unspecified atom stereocenters. The molecule has 0 aromatic heterocycles. The first-order valence-electron chi connectivity index (χ1n) is 5.91. The zero-order valence-corrected chi connectivity index (χ0v) is 11.1. The molecule has 1 amide bonds. The van der Waals surface area contributed by atoms with Crippen LogP contribution < -0.4 is 10.1 Å². The van der Waals surface area contributed by atoms with Crippen molar-refractivity contribution >= 4 is 17.5 Å². The van der Waals surface area contributed by atoms with Crippen molar-refractivity contribution in [2.75, 3.05) is 13.2 Å². The van der Waals surface area contributed by atoms with Gasteiger partial charge in [-0.15, -0.1) is 0 Å². The molecule has 0 bridgehead atoms. The molecule has 1 atom stereocenters. The lowest BCUT2D eigenvalue weighted by Gasteiger charge is -2.08. The molecule has 100 valence electrons. The van der Waals surface area contributed by atoms with E-state index in [9.17, 15) is 4.79 Å². The van der Waals surface area contributed by atoms with Gasteiger partial charge in [0.1, 0.15) is 5.75 Å². The molecule has 0 heterocycles. The molecule has 2 N–H and O–H groups in total. The smallest absolute Gasteiger partial charge is 0.257 e. The number of benzene rings is 1. The fraction of sp³-hybridized carbons (Fsp3) is 0.462. The van der Waals surface area contributed by atoms with E-state index in [1.165, 1.54) is 0 Å². The number of nitrogens with one attached hydrogen (secondary N) is 1. The molecule has 0 fully saturated rings. The summed E-state index contributed by atoms with van der Waals surface area (Å²) in [7, 11) is 0. The molecule has 1 rings (SSSR count). The van der Waals surface area contributed by atoms with E-state index in [0.29, 0.717) is 23.7 Å². The van der Waals surface area contributed by atoms with E-state index in [2.05, 4.69) is 5.32 Å². The average molecular weight is 272 g/mol. The number of carbonyl (C=O) groups is 1. The van der Waals surface area contributed by atoms with Gasteiger partial charge in [0.25, 0.3) is 5.91 Å².